The molecule has 0 amide bonds. The molecule has 4 rings (SSSR count). The van der Waals surface area contributed by atoms with Gasteiger partial charge in [0.15, 0.2) is 17.3 Å². The predicted molar refractivity (Wildman–Crippen MR) is 134 cm³/mol. The molecule has 1 N–H and O–H groups in total. The second-order valence-electron chi connectivity index (χ2n) is 9.75. The number of hydrogen-bond donors (Lipinski definition) is 1. The molecular weight excluding hydrogens is 466 g/mol. The van der Waals surface area contributed by atoms with Gasteiger partial charge in [0.1, 0.15) is 6.61 Å². The molecule has 0 saturated carbocycles. The molecule has 1 aliphatic heterocycles. The third kappa shape index (κ3) is 5.08. The fraction of sp³-hybridized carbons (Fsp3) is 0.357. The number of Topliss-reactive ketones (excluding diaryl/α,β-unsaturated/α-hetero) is 1. The highest BCUT2D eigenvalue weighted by Gasteiger charge is 2.43. The van der Waals surface area contributed by atoms with Gasteiger partial charge in [-0.1, -0.05) is 43.6 Å². The fourth-order valence-electron chi connectivity index (χ4n) is 4.87. The molecule has 0 spiro atoms. The first-order valence-corrected chi connectivity index (χ1v) is 11.9. The molecule has 2 aromatic carbocycles. The molecule has 0 radical (unpaired) electrons. The molecule has 2 aliphatic rings. The third-order valence-electron chi connectivity index (χ3n) is 6.47. The second kappa shape index (κ2) is 9.78. The van der Waals surface area contributed by atoms with Crippen molar-refractivity contribution in [1.29, 1.82) is 0 Å². The molecule has 6 nitrogen and oxygen atoms in total. The van der Waals surface area contributed by atoms with Crippen molar-refractivity contribution in [2.75, 3.05) is 14.2 Å². The number of ether oxygens (including phenoxy) is 3. The van der Waals surface area contributed by atoms with Crippen LogP contribution < -0.4 is 14.8 Å². The van der Waals surface area contributed by atoms with E-state index in [-0.39, 0.29) is 11.2 Å². The zero-order valence-electron chi connectivity index (χ0n) is 20.7. The number of dihydropyridines is 1. The van der Waals surface area contributed by atoms with E-state index in [0.717, 1.165) is 23.2 Å². The Labute approximate surface area is 210 Å². The average Bonchev–Trinajstić information content (AvgIpc) is 2.81. The average molecular weight is 496 g/mol. The number of ketones is 1. The Hall–Kier alpha value is -3.25. The van der Waals surface area contributed by atoms with Gasteiger partial charge in [-0.25, -0.2) is 4.79 Å². The zero-order chi connectivity index (χ0) is 25.3. The van der Waals surface area contributed by atoms with Crippen LogP contribution in [0.1, 0.15) is 50.7 Å². The largest absolute Gasteiger partial charge is 0.493 e. The standard InChI is InChI=1S/C28H30ClNO5/c1-16-24(27(32)34-5)25(26-20(30-16)13-28(2,3)14-21(26)31)18-8-11-22(23(12-18)33-4)35-15-17-6-9-19(29)10-7-17/h6-12,25,30H,13-15H2,1-5H3/t25-/m1/s1. The van der Waals surface area contributed by atoms with Gasteiger partial charge < -0.3 is 19.5 Å². The molecule has 184 valence electrons. The van der Waals surface area contributed by atoms with Crippen molar-refractivity contribution in [2.45, 2.75) is 46.1 Å². The maximum absolute atomic E-state index is 13.4. The molecule has 0 saturated heterocycles. The highest BCUT2D eigenvalue weighted by molar-refractivity contribution is 6.30. The van der Waals surface area contributed by atoms with E-state index >= 15 is 0 Å². The summed E-state index contributed by atoms with van der Waals surface area (Å²) in [4.78, 5) is 26.2. The van der Waals surface area contributed by atoms with Crippen LogP contribution in [0.3, 0.4) is 0 Å². The van der Waals surface area contributed by atoms with Gasteiger partial charge in [0.25, 0.3) is 0 Å². The lowest BCUT2D eigenvalue weighted by Gasteiger charge is -2.39. The minimum absolute atomic E-state index is 0.0321. The maximum atomic E-state index is 13.4. The Bertz CT molecular complexity index is 1230. The van der Waals surface area contributed by atoms with Crippen molar-refractivity contribution in [3.63, 3.8) is 0 Å². The molecular formula is C28H30ClNO5. The Morgan fingerprint density at radius 2 is 1.80 bits per heavy atom. The van der Waals surface area contributed by atoms with E-state index in [1.54, 1.807) is 7.11 Å². The lowest BCUT2D eigenvalue weighted by atomic mass is 9.68. The van der Waals surface area contributed by atoms with Crippen LogP contribution in [0.2, 0.25) is 5.02 Å². The first kappa shape index (κ1) is 24.9. The number of benzene rings is 2. The van der Waals surface area contributed by atoms with Crippen molar-refractivity contribution in [3.8, 4) is 11.5 Å². The number of rotatable bonds is 6. The number of esters is 1. The van der Waals surface area contributed by atoms with Gasteiger partial charge in [-0.15, -0.1) is 0 Å². The Kier molecular flexibility index (Phi) is 6.95. The summed E-state index contributed by atoms with van der Waals surface area (Å²) in [5.74, 6) is 0.0887. The van der Waals surface area contributed by atoms with Gasteiger partial charge in [-0.2, -0.15) is 0 Å². The lowest BCUT2D eigenvalue weighted by Crippen LogP contribution is -2.38. The topological polar surface area (TPSA) is 73.9 Å². The SMILES string of the molecule is COC(=O)C1=C(C)NC2=C(C(=O)CC(C)(C)C2)[C@@H]1c1ccc(OCc2ccc(Cl)cc2)c(OC)c1. The van der Waals surface area contributed by atoms with Crippen LogP contribution in [0, 0.1) is 5.41 Å². The summed E-state index contributed by atoms with van der Waals surface area (Å²) in [6, 6.07) is 13.0. The normalized spacial score (nSPS) is 19.1. The van der Waals surface area contributed by atoms with Crippen LogP contribution in [0.15, 0.2) is 65.0 Å². The van der Waals surface area contributed by atoms with E-state index < -0.39 is 11.9 Å². The maximum Gasteiger partial charge on any atom is 0.336 e. The van der Waals surface area contributed by atoms with E-state index in [2.05, 4.69) is 19.2 Å². The summed E-state index contributed by atoms with van der Waals surface area (Å²) in [5.41, 5.74) is 4.17. The second-order valence-corrected chi connectivity index (χ2v) is 10.2. The molecule has 1 aliphatic carbocycles. The summed E-state index contributed by atoms with van der Waals surface area (Å²) in [7, 11) is 2.92. The summed E-state index contributed by atoms with van der Waals surface area (Å²) in [5, 5.41) is 3.99. The van der Waals surface area contributed by atoms with Gasteiger partial charge in [0.05, 0.1) is 19.8 Å². The van der Waals surface area contributed by atoms with E-state index in [4.69, 9.17) is 25.8 Å². The lowest BCUT2D eigenvalue weighted by molar-refractivity contribution is -0.136. The molecule has 35 heavy (non-hydrogen) atoms. The molecule has 1 heterocycles. The van der Waals surface area contributed by atoms with Crippen LogP contribution in [0.5, 0.6) is 11.5 Å². The van der Waals surface area contributed by atoms with Gasteiger partial charge in [0.2, 0.25) is 0 Å². The van der Waals surface area contributed by atoms with E-state index in [1.807, 2.05) is 49.4 Å². The summed E-state index contributed by atoms with van der Waals surface area (Å²) in [6.07, 6.45) is 1.13. The zero-order valence-corrected chi connectivity index (χ0v) is 21.4. The molecule has 0 fully saturated rings. The number of carbonyl (C=O) groups excluding carboxylic acids is 2. The Morgan fingerprint density at radius 1 is 1.09 bits per heavy atom. The molecule has 0 unspecified atom stereocenters. The van der Waals surface area contributed by atoms with Crippen molar-refractivity contribution in [1.82, 2.24) is 5.32 Å². The Morgan fingerprint density at radius 3 is 2.46 bits per heavy atom. The smallest absolute Gasteiger partial charge is 0.336 e. The van der Waals surface area contributed by atoms with Crippen molar-refractivity contribution in [2.24, 2.45) is 5.41 Å². The van der Waals surface area contributed by atoms with Crippen LogP contribution in [0.4, 0.5) is 0 Å². The fourth-order valence-corrected chi connectivity index (χ4v) is 5.00. The number of nitrogens with one attached hydrogen (secondary N) is 1. The number of halogens is 1. The van der Waals surface area contributed by atoms with Gasteiger partial charge >= 0.3 is 5.97 Å². The minimum Gasteiger partial charge on any atom is -0.493 e. The van der Waals surface area contributed by atoms with Crippen LogP contribution in [-0.2, 0) is 20.9 Å². The molecule has 0 aromatic heterocycles. The number of allylic oxidation sites excluding steroid dienone is 3. The predicted octanol–water partition coefficient (Wildman–Crippen LogP) is 5.70. The van der Waals surface area contributed by atoms with Gasteiger partial charge in [0, 0.05) is 34.3 Å². The number of methoxy groups -OCH3 is 2. The molecule has 0 bridgehead atoms. The molecule has 1 atom stereocenters. The third-order valence-corrected chi connectivity index (χ3v) is 6.73. The number of hydrogen-bond acceptors (Lipinski definition) is 6. The van der Waals surface area contributed by atoms with Crippen molar-refractivity contribution < 1.29 is 23.8 Å². The van der Waals surface area contributed by atoms with Crippen LogP contribution >= 0.6 is 11.6 Å². The van der Waals surface area contributed by atoms with Gasteiger partial charge in [-0.3, -0.25) is 4.79 Å². The van der Waals surface area contributed by atoms with Crippen LogP contribution in [-0.4, -0.2) is 26.0 Å². The van der Waals surface area contributed by atoms with Crippen molar-refractivity contribution >= 4 is 23.4 Å². The van der Waals surface area contributed by atoms with Crippen molar-refractivity contribution in [3.05, 3.63) is 81.2 Å². The quantitative estimate of drug-likeness (QED) is 0.518. The molecule has 7 heteroatoms. The monoisotopic (exact) mass is 495 g/mol. The minimum atomic E-state index is -0.554. The van der Waals surface area contributed by atoms with E-state index in [1.165, 1.54) is 7.11 Å². The first-order valence-electron chi connectivity index (χ1n) is 11.5. The summed E-state index contributed by atoms with van der Waals surface area (Å²) >= 11 is 5.97. The number of carbonyl (C=O) groups is 2. The van der Waals surface area contributed by atoms with E-state index in [0.29, 0.717) is 46.4 Å². The van der Waals surface area contributed by atoms with Gasteiger partial charge in [-0.05, 0) is 54.2 Å². The van der Waals surface area contributed by atoms with E-state index in [9.17, 15) is 9.59 Å². The highest BCUT2D eigenvalue weighted by Crippen LogP contribution is 2.47. The molecule has 2 aromatic rings. The van der Waals surface area contributed by atoms with Crippen LogP contribution in [0.25, 0.3) is 0 Å². The Balaban J connectivity index is 1.73. The first-order chi connectivity index (χ1) is 16.6. The summed E-state index contributed by atoms with van der Waals surface area (Å²) < 4.78 is 16.7. The highest BCUT2D eigenvalue weighted by atomic mass is 35.5. The summed E-state index contributed by atoms with van der Waals surface area (Å²) in [6.45, 7) is 6.34.